The van der Waals surface area contributed by atoms with Crippen molar-refractivity contribution in [1.29, 1.82) is 5.41 Å². The van der Waals surface area contributed by atoms with Gasteiger partial charge in [0.1, 0.15) is 23.4 Å². The Bertz CT molecular complexity index is 1610. The monoisotopic (exact) mass is 535 g/mol. The van der Waals surface area contributed by atoms with Gasteiger partial charge < -0.3 is 31.0 Å². The van der Waals surface area contributed by atoms with Gasteiger partial charge in [-0.3, -0.25) is 15.2 Å². The standard InChI is InChI=1S/C26H26FN7O5/c1-13(35)39-20-10-14(8-9-16(20)24(29)30)31-23(17-11-15(37-2)12-21(38-3)22(17)27)25-32-26(36)34(33-25)19-7-5-4-6-18(19)28/h4-12,23,31H,28H2,1-3H3,(H3,29,30)(H,32,33,36)/t23-/m0/s1. The molecule has 13 heteroatoms. The van der Waals surface area contributed by atoms with Crippen LogP contribution >= 0.6 is 0 Å². The molecule has 4 rings (SSSR count). The first-order valence-corrected chi connectivity index (χ1v) is 11.5. The van der Waals surface area contributed by atoms with Crippen molar-refractivity contribution in [2.45, 2.75) is 13.0 Å². The average molecular weight is 536 g/mol. The van der Waals surface area contributed by atoms with E-state index >= 15 is 4.39 Å². The van der Waals surface area contributed by atoms with Crippen molar-refractivity contribution in [3.63, 3.8) is 0 Å². The third-order valence-electron chi connectivity index (χ3n) is 5.72. The Balaban J connectivity index is 1.90. The molecule has 3 aromatic carbocycles. The van der Waals surface area contributed by atoms with Gasteiger partial charge in [-0.05, 0) is 30.3 Å². The first kappa shape index (κ1) is 26.7. The topological polar surface area (TPSA) is 183 Å². The number of hydrogen-bond donors (Lipinski definition) is 5. The van der Waals surface area contributed by atoms with Gasteiger partial charge in [-0.15, -0.1) is 5.10 Å². The number of halogens is 1. The molecule has 0 spiro atoms. The van der Waals surface area contributed by atoms with Gasteiger partial charge in [-0.2, -0.15) is 4.68 Å². The predicted octanol–water partition coefficient (Wildman–Crippen LogP) is 2.71. The summed E-state index contributed by atoms with van der Waals surface area (Å²) in [4.78, 5) is 27.2. The van der Waals surface area contributed by atoms with Crippen LogP contribution in [0, 0.1) is 11.2 Å². The Morgan fingerprint density at radius 1 is 1.13 bits per heavy atom. The molecule has 7 N–H and O–H groups in total. The summed E-state index contributed by atoms with van der Waals surface area (Å²) >= 11 is 0. The highest BCUT2D eigenvalue weighted by Crippen LogP contribution is 2.35. The van der Waals surface area contributed by atoms with Crippen LogP contribution in [0.15, 0.2) is 59.4 Å². The number of nitrogen functional groups attached to an aromatic ring is 2. The van der Waals surface area contributed by atoms with Crippen molar-refractivity contribution < 1.29 is 23.4 Å². The van der Waals surface area contributed by atoms with E-state index in [0.29, 0.717) is 17.1 Å². The lowest BCUT2D eigenvalue weighted by Crippen LogP contribution is -2.18. The molecule has 1 aromatic heterocycles. The zero-order chi connectivity index (χ0) is 28.3. The highest BCUT2D eigenvalue weighted by Gasteiger charge is 2.27. The van der Waals surface area contributed by atoms with Crippen molar-refractivity contribution in [3.8, 4) is 22.9 Å². The van der Waals surface area contributed by atoms with Gasteiger partial charge in [-0.1, -0.05) is 12.1 Å². The van der Waals surface area contributed by atoms with E-state index in [9.17, 15) is 9.59 Å². The molecule has 39 heavy (non-hydrogen) atoms. The first-order chi connectivity index (χ1) is 18.6. The van der Waals surface area contributed by atoms with E-state index in [1.54, 1.807) is 30.3 Å². The number of aromatic nitrogens is 3. The van der Waals surface area contributed by atoms with Gasteiger partial charge in [0.25, 0.3) is 0 Å². The summed E-state index contributed by atoms with van der Waals surface area (Å²) in [5, 5.41) is 15.3. The van der Waals surface area contributed by atoms with Crippen LogP contribution in [0.2, 0.25) is 0 Å². The number of nitrogens with two attached hydrogens (primary N) is 2. The van der Waals surface area contributed by atoms with Crippen LogP contribution in [-0.4, -0.2) is 40.8 Å². The van der Waals surface area contributed by atoms with Crippen molar-refractivity contribution in [3.05, 3.63) is 87.9 Å². The lowest BCUT2D eigenvalue weighted by atomic mass is 10.0. The molecular weight excluding hydrogens is 509 g/mol. The summed E-state index contributed by atoms with van der Waals surface area (Å²) in [6, 6.07) is 12.8. The average Bonchev–Trinajstić information content (AvgIpc) is 3.28. The van der Waals surface area contributed by atoms with Crippen LogP contribution in [0.4, 0.5) is 15.8 Å². The molecule has 0 radical (unpaired) electrons. The van der Waals surface area contributed by atoms with Gasteiger partial charge in [0.15, 0.2) is 17.4 Å². The minimum atomic E-state index is -1.11. The van der Waals surface area contributed by atoms with Crippen LogP contribution in [0.1, 0.15) is 29.9 Å². The van der Waals surface area contributed by atoms with Gasteiger partial charge >= 0.3 is 11.7 Å². The largest absolute Gasteiger partial charge is 0.497 e. The number of carbonyl (C=O) groups is 1. The van der Waals surface area contributed by atoms with Crippen LogP contribution < -0.4 is 36.7 Å². The van der Waals surface area contributed by atoms with Gasteiger partial charge in [-0.25, -0.2) is 9.18 Å². The number of carbonyl (C=O) groups excluding carboxylic acids is 1. The maximum Gasteiger partial charge on any atom is 0.348 e. The number of nitrogens with one attached hydrogen (secondary N) is 3. The lowest BCUT2D eigenvalue weighted by Gasteiger charge is -2.21. The molecule has 1 heterocycles. The molecular formula is C26H26FN7O5. The number of rotatable bonds is 9. The number of ether oxygens (including phenoxy) is 3. The Labute approximate surface area is 221 Å². The molecule has 202 valence electrons. The fraction of sp³-hybridized carbons (Fsp3) is 0.154. The number of nitrogens with zero attached hydrogens (tertiary/aromatic N) is 2. The molecule has 0 saturated carbocycles. The van der Waals surface area contributed by atoms with Gasteiger partial charge in [0.2, 0.25) is 0 Å². The molecule has 0 saturated heterocycles. The van der Waals surface area contributed by atoms with Crippen molar-refractivity contribution in [1.82, 2.24) is 14.8 Å². The van der Waals surface area contributed by atoms with Gasteiger partial charge in [0.05, 0.1) is 31.2 Å². The second-order valence-electron chi connectivity index (χ2n) is 8.31. The SMILES string of the molecule is COc1cc(OC)c(F)c([C@H](Nc2ccc(C(=N)N)c(OC(C)=O)c2)c2nn(-c3ccccc3N)c(=O)[nH]2)c1. The number of para-hydroxylation sites is 2. The Morgan fingerprint density at radius 2 is 1.87 bits per heavy atom. The lowest BCUT2D eigenvalue weighted by molar-refractivity contribution is -0.131. The molecule has 1 atom stereocenters. The van der Waals surface area contributed by atoms with E-state index in [0.717, 1.165) is 4.68 Å². The molecule has 0 bridgehead atoms. The van der Waals surface area contributed by atoms with E-state index in [1.807, 2.05) is 0 Å². The summed E-state index contributed by atoms with van der Waals surface area (Å²) in [7, 11) is 2.73. The first-order valence-electron chi connectivity index (χ1n) is 11.5. The summed E-state index contributed by atoms with van der Waals surface area (Å²) in [5.74, 6) is -1.44. The normalized spacial score (nSPS) is 11.5. The maximum atomic E-state index is 15.7. The highest BCUT2D eigenvalue weighted by atomic mass is 19.1. The quantitative estimate of drug-likeness (QED) is 0.0707. The highest BCUT2D eigenvalue weighted by molar-refractivity contribution is 5.98. The van der Waals surface area contributed by atoms with E-state index in [-0.39, 0.29) is 40.0 Å². The number of H-pyrrole nitrogens is 1. The Morgan fingerprint density at radius 3 is 2.51 bits per heavy atom. The molecule has 0 amide bonds. The molecule has 0 aliphatic carbocycles. The third-order valence-corrected chi connectivity index (χ3v) is 5.72. The van der Waals surface area contributed by atoms with Crippen LogP contribution in [-0.2, 0) is 4.79 Å². The Hall–Kier alpha value is -5.33. The van der Waals surface area contributed by atoms with Crippen LogP contribution in [0.25, 0.3) is 5.69 Å². The van der Waals surface area contributed by atoms with Crippen molar-refractivity contribution >= 4 is 23.2 Å². The van der Waals surface area contributed by atoms with Crippen molar-refractivity contribution in [2.24, 2.45) is 5.73 Å². The summed E-state index contributed by atoms with van der Waals surface area (Å²) in [6.07, 6.45) is 0. The van der Waals surface area contributed by atoms with E-state index in [2.05, 4.69) is 15.4 Å². The number of benzene rings is 3. The third kappa shape index (κ3) is 5.51. The molecule has 0 aliphatic rings. The number of aromatic amines is 1. The number of anilines is 2. The van der Waals surface area contributed by atoms with Crippen LogP contribution in [0.5, 0.6) is 17.2 Å². The van der Waals surface area contributed by atoms with E-state index in [1.165, 1.54) is 45.4 Å². The fourth-order valence-electron chi connectivity index (χ4n) is 3.92. The second kappa shape index (κ2) is 11.0. The number of esters is 1. The smallest absolute Gasteiger partial charge is 0.348 e. The zero-order valence-electron chi connectivity index (χ0n) is 21.2. The molecule has 0 unspecified atom stereocenters. The van der Waals surface area contributed by atoms with E-state index in [4.69, 9.17) is 31.1 Å². The Kier molecular flexibility index (Phi) is 7.51. The minimum Gasteiger partial charge on any atom is -0.497 e. The molecule has 12 nitrogen and oxygen atoms in total. The van der Waals surface area contributed by atoms with Gasteiger partial charge in [0, 0.05) is 30.3 Å². The summed E-state index contributed by atoms with van der Waals surface area (Å²) in [5.41, 5.74) is 12.2. The minimum absolute atomic E-state index is 0.0125. The molecule has 0 aliphatic heterocycles. The fourth-order valence-corrected chi connectivity index (χ4v) is 3.92. The predicted molar refractivity (Wildman–Crippen MR) is 142 cm³/mol. The maximum absolute atomic E-state index is 15.7. The molecule has 0 fully saturated rings. The molecule has 4 aromatic rings. The number of hydrogen-bond acceptors (Lipinski definition) is 9. The van der Waals surface area contributed by atoms with Crippen molar-refractivity contribution in [2.75, 3.05) is 25.3 Å². The summed E-state index contributed by atoms with van der Waals surface area (Å²) in [6.45, 7) is 1.21. The number of amidine groups is 1. The van der Waals surface area contributed by atoms with E-state index < -0.39 is 23.5 Å². The van der Waals surface area contributed by atoms with Crippen LogP contribution in [0.3, 0.4) is 0 Å². The summed E-state index contributed by atoms with van der Waals surface area (Å²) < 4.78 is 32.5. The second-order valence-corrected chi connectivity index (χ2v) is 8.31. The number of methoxy groups -OCH3 is 2. The zero-order valence-corrected chi connectivity index (χ0v) is 21.2.